The smallest absolute Gasteiger partial charge is 0.317 e. The van der Waals surface area contributed by atoms with Crippen LogP contribution >= 0.6 is 11.8 Å². The number of hydrogen-bond donors (Lipinski definition) is 1. The number of nitrogens with one attached hydrogen (secondary N) is 1. The number of benzene rings is 1. The molecule has 1 atom stereocenters. The molecule has 7 heteroatoms. The lowest BCUT2D eigenvalue weighted by Gasteiger charge is -2.28. The maximum atomic E-state index is 14.0. The lowest BCUT2D eigenvalue weighted by Crippen LogP contribution is -2.40. The van der Waals surface area contributed by atoms with E-state index in [-0.39, 0.29) is 17.9 Å². The van der Waals surface area contributed by atoms with Gasteiger partial charge in [0.05, 0.1) is 25.4 Å². The van der Waals surface area contributed by atoms with Crippen LogP contribution in [0.15, 0.2) is 29.3 Å². The summed E-state index contributed by atoms with van der Waals surface area (Å²) in [5.41, 5.74) is 3.53. The van der Waals surface area contributed by atoms with E-state index in [4.69, 9.17) is 4.74 Å². The number of fused-ring (bicyclic) bond motifs is 1. The van der Waals surface area contributed by atoms with Gasteiger partial charge in [-0.15, -0.1) is 11.8 Å². The molecular weight excluding hydrogens is 365 g/mol. The van der Waals surface area contributed by atoms with Crippen molar-refractivity contribution in [3.05, 3.63) is 52.6 Å². The molecule has 1 aromatic carbocycles. The van der Waals surface area contributed by atoms with Crippen molar-refractivity contribution >= 4 is 17.8 Å². The first kappa shape index (κ1) is 19.5. The van der Waals surface area contributed by atoms with Gasteiger partial charge in [0.1, 0.15) is 11.6 Å². The highest BCUT2D eigenvalue weighted by Crippen LogP contribution is 2.37. The monoisotopic (exact) mass is 389 g/mol. The first-order valence-corrected chi connectivity index (χ1v) is 9.82. The van der Waals surface area contributed by atoms with Gasteiger partial charge in [0, 0.05) is 35.0 Å². The molecular formula is C20H24FN3O2S. The second-order valence-corrected chi connectivity index (χ2v) is 7.80. The zero-order valence-electron chi connectivity index (χ0n) is 16.0. The molecule has 1 aliphatic heterocycles. The van der Waals surface area contributed by atoms with E-state index >= 15 is 0 Å². The SMILES string of the molecule is COc1c(C)cnc(CN(C)C(=O)NC2CCSc3c(F)cccc32)c1C. The summed E-state index contributed by atoms with van der Waals surface area (Å²) in [6, 6.07) is 4.64. The predicted octanol–water partition coefficient (Wildman–Crippen LogP) is 4.22. The number of aryl methyl sites for hydroxylation is 1. The number of ether oxygens (including phenoxy) is 1. The zero-order chi connectivity index (χ0) is 19.6. The maximum Gasteiger partial charge on any atom is 0.317 e. The number of rotatable bonds is 4. The van der Waals surface area contributed by atoms with Crippen molar-refractivity contribution in [3.8, 4) is 5.75 Å². The van der Waals surface area contributed by atoms with E-state index in [2.05, 4.69) is 10.3 Å². The van der Waals surface area contributed by atoms with Crippen molar-refractivity contribution < 1.29 is 13.9 Å². The Kier molecular flexibility index (Phi) is 5.89. The van der Waals surface area contributed by atoms with Crippen molar-refractivity contribution in [1.82, 2.24) is 15.2 Å². The Morgan fingerprint density at radius 1 is 1.44 bits per heavy atom. The summed E-state index contributed by atoms with van der Waals surface area (Å²) < 4.78 is 19.4. The average molecular weight is 389 g/mol. The molecule has 0 radical (unpaired) electrons. The van der Waals surface area contributed by atoms with Gasteiger partial charge < -0.3 is 15.0 Å². The van der Waals surface area contributed by atoms with Crippen molar-refractivity contribution in [2.75, 3.05) is 19.9 Å². The van der Waals surface area contributed by atoms with Crippen molar-refractivity contribution in [2.24, 2.45) is 0 Å². The highest BCUT2D eigenvalue weighted by Gasteiger charge is 2.25. The van der Waals surface area contributed by atoms with Crippen LogP contribution in [0.4, 0.5) is 9.18 Å². The van der Waals surface area contributed by atoms with Crippen LogP contribution in [0.3, 0.4) is 0 Å². The van der Waals surface area contributed by atoms with Crippen LogP contribution in [0.25, 0.3) is 0 Å². The third kappa shape index (κ3) is 4.03. The molecule has 2 heterocycles. The molecule has 1 aliphatic rings. The van der Waals surface area contributed by atoms with Crippen LogP contribution in [-0.4, -0.2) is 35.8 Å². The molecule has 1 unspecified atom stereocenters. The summed E-state index contributed by atoms with van der Waals surface area (Å²) in [6.45, 7) is 4.25. The van der Waals surface area contributed by atoms with E-state index in [1.165, 1.54) is 17.8 Å². The number of carbonyl (C=O) groups excluding carboxylic acids is 1. The van der Waals surface area contributed by atoms with E-state index in [0.29, 0.717) is 11.4 Å². The molecule has 5 nitrogen and oxygen atoms in total. The van der Waals surface area contributed by atoms with Crippen molar-refractivity contribution in [3.63, 3.8) is 0 Å². The number of carbonyl (C=O) groups is 1. The lowest BCUT2D eigenvalue weighted by atomic mass is 10.0. The van der Waals surface area contributed by atoms with E-state index in [1.54, 1.807) is 31.3 Å². The van der Waals surface area contributed by atoms with Crippen LogP contribution in [0.1, 0.15) is 34.8 Å². The summed E-state index contributed by atoms with van der Waals surface area (Å²) in [5.74, 6) is 1.34. The topological polar surface area (TPSA) is 54.5 Å². The minimum absolute atomic E-state index is 0.187. The molecule has 0 aliphatic carbocycles. The summed E-state index contributed by atoms with van der Waals surface area (Å²) in [5, 5.41) is 3.03. The standard InChI is InChI=1S/C20H24FN3O2S/c1-12-10-22-17(13(2)18(12)26-4)11-24(3)20(25)23-16-8-9-27-19-14(16)6-5-7-15(19)21/h5-7,10,16H,8-9,11H2,1-4H3,(H,23,25). The molecule has 3 rings (SSSR count). The normalized spacial score (nSPS) is 15.8. The summed E-state index contributed by atoms with van der Waals surface area (Å²) in [6.07, 6.45) is 2.53. The number of urea groups is 1. The second kappa shape index (κ2) is 8.17. The van der Waals surface area contributed by atoms with Crippen molar-refractivity contribution in [2.45, 2.75) is 37.8 Å². The molecule has 2 aromatic rings. The third-order valence-corrected chi connectivity index (χ3v) is 5.97. The average Bonchev–Trinajstić information content (AvgIpc) is 2.65. The van der Waals surface area contributed by atoms with Gasteiger partial charge in [0.15, 0.2) is 0 Å². The molecule has 0 fully saturated rings. The minimum atomic E-state index is -0.226. The summed E-state index contributed by atoms with van der Waals surface area (Å²) in [7, 11) is 3.36. The Morgan fingerprint density at radius 3 is 2.96 bits per heavy atom. The van der Waals surface area contributed by atoms with E-state index < -0.39 is 0 Å². The van der Waals surface area contributed by atoms with Gasteiger partial charge in [0.2, 0.25) is 0 Å². The fourth-order valence-corrected chi connectivity index (χ4v) is 4.46. The second-order valence-electron chi connectivity index (χ2n) is 6.70. The van der Waals surface area contributed by atoms with Gasteiger partial charge in [-0.3, -0.25) is 4.98 Å². The molecule has 144 valence electrons. The number of pyridine rings is 1. The fourth-order valence-electron chi connectivity index (χ4n) is 3.32. The first-order valence-electron chi connectivity index (χ1n) is 8.84. The van der Waals surface area contributed by atoms with Crippen LogP contribution in [0.5, 0.6) is 5.75 Å². The van der Waals surface area contributed by atoms with E-state index in [1.807, 2.05) is 19.9 Å². The first-order chi connectivity index (χ1) is 12.9. The number of nitrogens with zero attached hydrogens (tertiary/aromatic N) is 2. The number of amides is 2. The Morgan fingerprint density at radius 2 is 2.22 bits per heavy atom. The molecule has 0 saturated carbocycles. The summed E-state index contributed by atoms with van der Waals surface area (Å²) in [4.78, 5) is 19.4. The molecule has 0 bridgehead atoms. The maximum absolute atomic E-state index is 14.0. The quantitative estimate of drug-likeness (QED) is 0.850. The van der Waals surface area contributed by atoms with Gasteiger partial charge in [0.25, 0.3) is 0 Å². The molecule has 0 saturated heterocycles. The largest absolute Gasteiger partial charge is 0.496 e. The number of aromatic nitrogens is 1. The molecule has 1 N–H and O–H groups in total. The summed E-state index contributed by atoms with van der Waals surface area (Å²) >= 11 is 1.50. The predicted molar refractivity (Wildman–Crippen MR) is 105 cm³/mol. The Labute approximate surface area is 163 Å². The number of thioether (sulfide) groups is 1. The van der Waals surface area contributed by atoms with E-state index in [0.717, 1.165) is 40.3 Å². The van der Waals surface area contributed by atoms with Crippen LogP contribution in [-0.2, 0) is 6.54 Å². The molecule has 0 spiro atoms. The fraction of sp³-hybridized carbons (Fsp3) is 0.400. The van der Waals surface area contributed by atoms with Gasteiger partial charge in [-0.05, 0) is 31.9 Å². The van der Waals surface area contributed by atoms with Gasteiger partial charge in [-0.25, -0.2) is 9.18 Å². The lowest BCUT2D eigenvalue weighted by molar-refractivity contribution is 0.201. The highest BCUT2D eigenvalue weighted by molar-refractivity contribution is 7.99. The molecule has 27 heavy (non-hydrogen) atoms. The molecule has 2 amide bonds. The number of halogens is 1. The highest BCUT2D eigenvalue weighted by atomic mass is 32.2. The Bertz CT molecular complexity index is 859. The van der Waals surface area contributed by atoms with Crippen molar-refractivity contribution in [1.29, 1.82) is 0 Å². The number of hydrogen-bond acceptors (Lipinski definition) is 4. The molecule has 1 aromatic heterocycles. The van der Waals surface area contributed by atoms with Gasteiger partial charge >= 0.3 is 6.03 Å². The zero-order valence-corrected chi connectivity index (χ0v) is 16.8. The minimum Gasteiger partial charge on any atom is -0.496 e. The van der Waals surface area contributed by atoms with Crippen LogP contribution in [0.2, 0.25) is 0 Å². The number of methoxy groups -OCH3 is 1. The Balaban J connectivity index is 1.72. The van der Waals surface area contributed by atoms with E-state index in [9.17, 15) is 9.18 Å². The van der Waals surface area contributed by atoms with Gasteiger partial charge in [-0.1, -0.05) is 12.1 Å². The van der Waals surface area contributed by atoms with Crippen LogP contribution < -0.4 is 10.1 Å². The van der Waals surface area contributed by atoms with Crippen LogP contribution in [0, 0.1) is 19.7 Å². The van der Waals surface area contributed by atoms with Gasteiger partial charge in [-0.2, -0.15) is 0 Å². The third-order valence-electron chi connectivity index (χ3n) is 4.81. The Hall–Kier alpha value is -2.28.